The molecule has 1 aliphatic heterocycles. The van der Waals surface area contributed by atoms with Gasteiger partial charge in [-0.3, -0.25) is 4.79 Å². The number of allylic oxidation sites excluding steroid dienone is 3. The molecule has 1 N–H and O–H groups in total. The van der Waals surface area contributed by atoms with Gasteiger partial charge in [0.1, 0.15) is 12.4 Å². The van der Waals surface area contributed by atoms with E-state index in [1.165, 1.54) is 13.2 Å². The highest BCUT2D eigenvalue weighted by Gasteiger charge is 2.42. The number of esters is 1. The van der Waals surface area contributed by atoms with Gasteiger partial charge >= 0.3 is 5.97 Å². The maximum Gasteiger partial charge on any atom is 0.336 e. The van der Waals surface area contributed by atoms with Gasteiger partial charge in [0.05, 0.1) is 32.3 Å². The van der Waals surface area contributed by atoms with Crippen molar-refractivity contribution in [1.29, 1.82) is 0 Å². The van der Waals surface area contributed by atoms with Crippen LogP contribution < -0.4 is 14.8 Å². The highest BCUT2D eigenvalue weighted by atomic mass is 19.1. The molecular formula is C28H30FNO6. The molecule has 4 rings (SSSR count). The Balaban J connectivity index is 1.75. The molecule has 0 aromatic heterocycles. The molecule has 190 valence electrons. The number of dihydropyridines is 1. The molecule has 0 amide bonds. The summed E-state index contributed by atoms with van der Waals surface area (Å²) in [5.74, 6) is -1.03. The average Bonchev–Trinajstić information content (AvgIpc) is 2.87. The number of carbonyl (C=O) groups excluding carboxylic acids is 2. The van der Waals surface area contributed by atoms with Gasteiger partial charge in [-0.2, -0.15) is 0 Å². The fraction of sp³-hybridized carbons (Fsp3) is 0.357. The molecule has 8 heteroatoms. The van der Waals surface area contributed by atoms with Gasteiger partial charge in [0, 0.05) is 36.1 Å². The first-order valence-corrected chi connectivity index (χ1v) is 11.8. The molecule has 0 unspecified atom stereocenters. The normalized spacial score (nSPS) is 19.5. The summed E-state index contributed by atoms with van der Waals surface area (Å²) in [7, 11) is 4.65. The van der Waals surface area contributed by atoms with Crippen LogP contribution in [0.25, 0.3) is 0 Å². The van der Waals surface area contributed by atoms with E-state index >= 15 is 4.39 Å². The van der Waals surface area contributed by atoms with E-state index in [0.29, 0.717) is 34.9 Å². The van der Waals surface area contributed by atoms with Gasteiger partial charge in [-0.25, -0.2) is 9.18 Å². The minimum Gasteiger partial charge on any atom is -0.493 e. The van der Waals surface area contributed by atoms with Crippen molar-refractivity contribution in [2.45, 2.75) is 31.6 Å². The van der Waals surface area contributed by atoms with Crippen LogP contribution >= 0.6 is 0 Å². The van der Waals surface area contributed by atoms with Crippen LogP contribution in [0.2, 0.25) is 0 Å². The Bertz CT molecular complexity index is 1230. The Morgan fingerprint density at radius 2 is 1.78 bits per heavy atom. The van der Waals surface area contributed by atoms with Crippen molar-refractivity contribution >= 4 is 11.8 Å². The van der Waals surface area contributed by atoms with Crippen LogP contribution in [0.15, 0.2) is 65.0 Å². The van der Waals surface area contributed by atoms with Gasteiger partial charge in [-0.15, -0.1) is 0 Å². The van der Waals surface area contributed by atoms with Crippen molar-refractivity contribution in [3.05, 3.63) is 81.9 Å². The summed E-state index contributed by atoms with van der Waals surface area (Å²) >= 11 is 0. The van der Waals surface area contributed by atoms with Crippen molar-refractivity contribution in [2.75, 3.05) is 34.5 Å². The number of benzene rings is 2. The predicted octanol–water partition coefficient (Wildman–Crippen LogP) is 4.39. The summed E-state index contributed by atoms with van der Waals surface area (Å²) in [4.78, 5) is 26.8. The Morgan fingerprint density at radius 1 is 1.03 bits per heavy atom. The largest absolute Gasteiger partial charge is 0.493 e. The topological polar surface area (TPSA) is 83.1 Å². The number of methoxy groups -OCH3 is 3. The SMILES string of the molecule is COCCOC(=O)C1=C(C)NC2=C(C(=O)C[C@@H](c3ccc(OC)c(OC)c3)C2)[C@H]1c1ccccc1F. The molecule has 0 bridgehead atoms. The smallest absolute Gasteiger partial charge is 0.336 e. The van der Waals surface area contributed by atoms with Crippen LogP contribution in [0, 0.1) is 5.82 Å². The maximum absolute atomic E-state index is 15.1. The van der Waals surface area contributed by atoms with Crippen LogP contribution in [0.5, 0.6) is 11.5 Å². The summed E-state index contributed by atoms with van der Waals surface area (Å²) in [5.41, 5.74) is 3.05. The van der Waals surface area contributed by atoms with E-state index in [9.17, 15) is 9.59 Å². The lowest BCUT2D eigenvalue weighted by Crippen LogP contribution is -2.36. The van der Waals surface area contributed by atoms with Crippen molar-refractivity contribution < 1.29 is 32.9 Å². The van der Waals surface area contributed by atoms with Gasteiger partial charge in [-0.1, -0.05) is 24.3 Å². The Hall–Kier alpha value is -3.65. The lowest BCUT2D eigenvalue weighted by molar-refractivity contribution is -0.140. The van der Waals surface area contributed by atoms with E-state index in [1.807, 2.05) is 18.2 Å². The number of carbonyl (C=O) groups is 2. The van der Waals surface area contributed by atoms with Crippen LogP contribution in [-0.4, -0.2) is 46.3 Å². The number of halogens is 1. The molecule has 2 aliphatic rings. The lowest BCUT2D eigenvalue weighted by Gasteiger charge is -2.36. The van der Waals surface area contributed by atoms with E-state index in [4.69, 9.17) is 18.9 Å². The van der Waals surface area contributed by atoms with E-state index < -0.39 is 17.7 Å². The van der Waals surface area contributed by atoms with Crippen molar-refractivity contribution in [3.8, 4) is 11.5 Å². The van der Waals surface area contributed by atoms with Gasteiger partial charge in [0.25, 0.3) is 0 Å². The second-order valence-electron chi connectivity index (χ2n) is 8.78. The first-order valence-electron chi connectivity index (χ1n) is 11.8. The summed E-state index contributed by atoms with van der Waals surface area (Å²) in [6.45, 7) is 2.03. The molecule has 7 nitrogen and oxygen atoms in total. The molecule has 2 aromatic carbocycles. The minimum atomic E-state index is -0.864. The molecule has 1 aliphatic carbocycles. The van der Waals surface area contributed by atoms with E-state index in [0.717, 1.165) is 5.56 Å². The third kappa shape index (κ3) is 4.86. The number of nitrogens with one attached hydrogen (secondary N) is 1. The van der Waals surface area contributed by atoms with E-state index in [-0.39, 0.29) is 42.5 Å². The number of Topliss-reactive ketones (excluding diaryl/α,β-unsaturated/α-hetero) is 1. The zero-order valence-electron chi connectivity index (χ0n) is 20.9. The fourth-order valence-corrected chi connectivity index (χ4v) is 4.97. The molecule has 0 saturated heterocycles. The molecule has 0 radical (unpaired) electrons. The number of hydrogen-bond acceptors (Lipinski definition) is 7. The third-order valence-electron chi connectivity index (χ3n) is 6.66. The first-order chi connectivity index (χ1) is 17.4. The molecule has 0 fully saturated rings. The number of rotatable bonds is 8. The van der Waals surface area contributed by atoms with Crippen molar-refractivity contribution in [1.82, 2.24) is 5.32 Å². The van der Waals surface area contributed by atoms with Gasteiger partial charge < -0.3 is 24.3 Å². The molecule has 0 spiro atoms. The second kappa shape index (κ2) is 11.0. The Kier molecular flexibility index (Phi) is 7.74. The highest BCUT2D eigenvalue weighted by molar-refractivity contribution is 6.04. The van der Waals surface area contributed by atoms with E-state index in [2.05, 4.69) is 5.32 Å². The molecule has 36 heavy (non-hydrogen) atoms. The average molecular weight is 496 g/mol. The Labute approximate surface area is 209 Å². The van der Waals surface area contributed by atoms with Crippen molar-refractivity contribution in [3.63, 3.8) is 0 Å². The van der Waals surface area contributed by atoms with Crippen LogP contribution in [-0.2, 0) is 19.1 Å². The first kappa shape index (κ1) is 25.4. The molecule has 2 aromatic rings. The highest BCUT2D eigenvalue weighted by Crippen LogP contribution is 2.47. The predicted molar refractivity (Wildman–Crippen MR) is 131 cm³/mol. The molecule has 2 atom stereocenters. The lowest BCUT2D eigenvalue weighted by atomic mass is 9.71. The van der Waals surface area contributed by atoms with Crippen LogP contribution in [0.1, 0.15) is 42.7 Å². The molecular weight excluding hydrogens is 465 g/mol. The zero-order valence-corrected chi connectivity index (χ0v) is 20.9. The van der Waals surface area contributed by atoms with Gasteiger partial charge in [-0.05, 0) is 43.0 Å². The zero-order chi connectivity index (χ0) is 25.8. The summed E-state index contributed by atoms with van der Waals surface area (Å²) in [6, 6.07) is 11.8. The van der Waals surface area contributed by atoms with E-state index in [1.54, 1.807) is 39.3 Å². The Morgan fingerprint density at radius 3 is 2.47 bits per heavy atom. The number of ketones is 1. The summed E-state index contributed by atoms with van der Waals surface area (Å²) in [6.07, 6.45) is 0.733. The quantitative estimate of drug-likeness (QED) is 0.430. The van der Waals surface area contributed by atoms with Crippen LogP contribution in [0.4, 0.5) is 4.39 Å². The number of hydrogen-bond donors (Lipinski definition) is 1. The van der Waals surface area contributed by atoms with Crippen molar-refractivity contribution in [2.24, 2.45) is 0 Å². The van der Waals surface area contributed by atoms with Crippen LogP contribution in [0.3, 0.4) is 0 Å². The summed E-state index contributed by atoms with van der Waals surface area (Å²) < 4.78 is 36.2. The third-order valence-corrected chi connectivity index (χ3v) is 6.66. The molecule has 0 saturated carbocycles. The van der Waals surface area contributed by atoms with Gasteiger partial charge in [0.15, 0.2) is 17.3 Å². The standard InChI is InChI=1S/C28H30FNO6/c1-16-25(28(32)36-12-11-33-2)26(19-7-5-6-8-20(19)29)27-21(30-16)13-18(14-22(27)31)17-9-10-23(34-3)24(15-17)35-4/h5-10,15,18,26,30H,11-14H2,1-4H3/t18-,26-/m0/s1. The van der Waals surface area contributed by atoms with Gasteiger partial charge in [0.2, 0.25) is 0 Å². The monoisotopic (exact) mass is 495 g/mol. The molecule has 1 heterocycles. The second-order valence-corrected chi connectivity index (χ2v) is 8.78. The number of ether oxygens (including phenoxy) is 4. The summed E-state index contributed by atoms with van der Waals surface area (Å²) in [5, 5.41) is 3.27. The maximum atomic E-state index is 15.1. The fourth-order valence-electron chi connectivity index (χ4n) is 4.97. The minimum absolute atomic E-state index is 0.0529.